The van der Waals surface area contributed by atoms with E-state index in [1.165, 1.54) is 12.1 Å². The minimum absolute atomic E-state index is 0.0245. The maximum absolute atomic E-state index is 12.5. The summed E-state index contributed by atoms with van der Waals surface area (Å²) in [5, 5.41) is 0. The van der Waals surface area contributed by atoms with Gasteiger partial charge in [0.05, 0.1) is 6.54 Å². The molecule has 1 aromatic rings. The van der Waals surface area contributed by atoms with Crippen LogP contribution in [0.25, 0.3) is 0 Å². The molecule has 0 bridgehead atoms. The van der Waals surface area contributed by atoms with Gasteiger partial charge in [-0.25, -0.2) is 0 Å². The van der Waals surface area contributed by atoms with Gasteiger partial charge in [-0.2, -0.15) is 8.78 Å². The van der Waals surface area contributed by atoms with Crippen LogP contribution in [0.3, 0.4) is 0 Å². The fourth-order valence-corrected chi connectivity index (χ4v) is 3.03. The van der Waals surface area contributed by atoms with Crippen molar-refractivity contribution < 1.29 is 23.1 Å². The number of amides is 2. The molecular weight excluding hydrogens is 368 g/mol. The molecule has 1 heterocycles. The number of likely N-dealkylation sites (N-methyl/N-ethyl adjacent to an activating group) is 1. The highest BCUT2D eigenvalue weighted by atomic mass is 19.3. The number of ether oxygens (including phenoxy) is 1. The van der Waals surface area contributed by atoms with Crippen molar-refractivity contribution in [1.29, 1.82) is 0 Å². The summed E-state index contributed by atoms with van der Waals surface area (Å²) in [7, 11) is 1.71. The molecule has 28 heavy (non-hydrogen) atoms. The van der Waals surface area contributed by atoms with Crippen molar-refractivity contribution in [1.82, 2.24) is 14.7 Å². The maximum Gasteiger partial charge on any atom is 0.387 e. The van der Waals surface area contributed by atoms with Crippen LogP contribution in [0.5, 0.6) is 5.75 Å². The SMILES string of the molecule is CN(Cc1ccc(OC(F)F)cc1)C(=O)CN1CCN(C(=O)C(C)(C)C)CC1. The van der Waals surface area contributed by atoms with Gasteiger partial charge in [-0.05, 0) is 17.7 Å². The Morgan fingerprint density at radius 1 is 1.11 bits per heavy atom. The zero-order chi connectivity index (χ0) is 20.9. The highest BCUT2D eigenvalue weighted by Crippen LogP contribution is 2.19. The molecule has 0 unspecified atom stereocenters. The zero-order valence-corrected chi connectivity index (χ0v) is 17.0. The van der Waals surface area contributed by atoms with Gasteiger partial charge in [-0.1, -0.05) is 32.9 Å². The van der Waals surface area contributed by atoms with E-state index in [9.17, 15) is 18.4 Å². The summed E-state index contributed by atoms with van der Waals surface area (Å²) in [5.74, 6) is 0.203. The number of nitrogens with zero attached hydrogens (tertiary/aromatic N) is 3. The van der Waals surface area contributed by atoms with E-state index in [4.69, 9.17) is 0 Å². The van der Waals surface area contributed by atoms with Gasteiger partial charge in [0.25, 0.3) is 0 Å². The summed E-state index contributed by atoms with van der Waals surface area (Å²) < 4.78 is 28.7. The Kier molecular flexibility index (Phi) is 7.35. The Balaban J connectivity index is 1.79. The predicted molar refractivity (Wildman–Crippen MR) is 102 cm³/mol. The Morgan fingerprint density at radius 3 is 2.18 bits per heavy atom. The van der Waals surface area contributed by atoms with E-state index >= 15 is 0 Å². The second-order valence-corrected chi connectivity index (χ2v) is 8.09. The second-order valence-electron chi connectivity index (χ2n) is 8.09. The Labute approximate surface area is 165 Å². The van der Waals surface area contributed by atoms with Gasteiger partial charge in [0.2, 0.25) is 11.8 Å². The van der Waals surface area contributed by atoms with Crippen LogP contribution in [-0.4, -0.2) is 72.9 Å². The highest BCUT2D eigenvalue weighted by Gasteiger charge is 2.30. The summed E-state index contributed by atoms with van der Waals surface area (Å²) in [6.45, 7) is 6.14. The molecule has 2 rings (SSSR count). The quantitative estimate of drug-likeness (QED) is 0.740. The van der Waals surface area contributed by atoms with Crippen molar-refractivity contribution in [3.63, 3.8) is 0 Å². The first-order chi connectivity index (χ1) is 13.1. The van der Waals surface area contributed by atoms with Crippen LogP contribution in [0.15, 0.2) is 24.3 Å². The van der Waals surface area contributed by atoms with Crippen molar-refractivity contribution in [2.24, 2.45) is 5.41 Å². The molecule has 1 aromatic carbocycles. The van der Waals surface area contributed by atoms with Gasteiger partial charge >= 0.3 is 6.61 Å². The normalized spacial score (nSPS) is 15.6. The first-order valence-electron chi connectivity index (χ1n) is 9.35. The minimum Gasteiger partial charge on any atom is -0.435 e. The molecule has 1 saturated heterocycles. The van der Waals surface area contributed by atoms with Gasteiger partial charge in [-0.3, -0.25) is 14.5 Å². The van der Waals surface area contributed by atoms with Crippen LogP contribution in [0, 0.1) is 5.41 Å². The van der Waals surface area contributed by atoms with Gasteiger partial charge in [0.15, 0.2) is 0 Å². The Hall–Kier alpha value is -2.22. The largest absolute Gasteiger partial charge is 0.435 e. The third-order valence-corrected chi connectivity index (χ3v) is 4.65. The van der Waals surface area contributed by atoms with Crippen molar-refractivity contribution in [3.05, 3.63) is 29.8 Å². The van der Waals surface area contributed by atoms with Crippen molar-refractivity contribution >= 4 is 11.8 Å². The van der Waals surface area contributed by atoms with Crippen molar-refractivity contribution in [3.8, 4) is 5.75 Å². The summed E-state index contributed by atoms with van der Waals surface area (Å²) in [6.07, 6.45) is 0. The predicted octanol–water partition coefficient (Wildman–Crippen LogP) is 2.44. The summed E-state index contributed by atoms with van der Waals surface area (Å²) in [4.78, 5) is 30.3. The number of carbonyl (C=O) groups is 2. The van der Waals surface area contributed by atoms with Crippen LogP contribution >= 0.6 is 0 Å². The zero-order valence-electron chi connectivity index (χ0n) is 17.0. The monoisotopic (exact) mass is 397 g/mol. The van der Waals surface area contributed by atoms with Crippen molar-refractivity contribution in [2.75, 3.05) is 39.8 Å². The topological polar surface area (TPSA) is 53.1 Å². The Morgan fingerprint density at radius 2 is 1.68 bits per heavy atom. The lowest BCUT2D eigenvalue weighted by molar-refractivity contribution is -0.141. The Bertz CT molecular complexity index is 666. The lowest BCUT2D eigenvalue weighted by atomic mass is 9.94. The fraction of sp³-hybridized carbons (Fsp3) is 0.600. The molecule has 1 aliphatic heterocycles. The van der Waals surface area contributed by atoms with E-state index in [1.54, 1.807) is 24.1 Å². The molecule has 8 heteroatoms. The lowest BCUT2D eigenvalue weighted by Gasteiger charge is -2.37. The second kappa shape index (κ2) is 9.32. The third kappa shape index (κ3) is 6.44. The first kappa shape index (κ1) is 22.1. The molecule has 0 aromatic heterocycles. The van der Waals surface area contributed by atoms with Crippen LogP contribution in [0.4, 0.5) is 8.78 Å². The van der Waals surface area contributed by atoms with E-state index in [0.717, 1.165) is 5.56 Å². The average molecular weight is 397 g/mol. The number of hydrogen-bond donors (Lipinski definition) is 0. The lowest BCUT2D eigenvalue weighted by Crippen LogP contribution is -2.53. The molecule has 1 fully saturated rings. The van der Waals surface area contributed by atoms with E-state index in [1.807, 2.05) is 30.6 Å². The molecular formula is C20H29F2N3O3. The van der Waals surface area contributed by atoms with Crippen molar-refractivity contribution in [2.45, 2.75) is 33.9 Å². The molecule has 0 aliphatic carbocycles. The highest BCUT2D eigenvalue weighted by molar-refractivity contribution is 5.81. The summed E-state index contributed by atoms with van der Waals surface area (Å²) >= 11 is 0. The molecule has 0 N–H and O–H groups in total. The summed E-state index contributed by atoms with van der Waals surface area (Å²) in [6, 6.07) is 6.26. The first-order valence-corrected chi connectivity index (χ1v) is 9.35. The van der Waals surface area contributed by atoms with Gasteiger partial charge in [0, 0.05) is 45.2 Å². The average Bonchev–Trinajstić information content (AvgIpc) is 2.62. The van der Waals surface area contributed by atoms with Crippen LogP contribution < -0.4 is 4.74 Å². The number of hydrogen-bond acceptors (Lipinski definition) is 4. The number of carbonyl (C=O) groups excluding carboxylic acids is 2. The van der Waals surface area contributed by atoms with Gasteiger partial charge in [0.1, 0.15) is 5.75 Å². The molecule has 0 radical (unpaired) electrons. The number of benzene rings is 1. The number of piperazine rings is 1. The minimum atomic E-state index is -2.85. The standard InChI is InChI=1S/C20H29F2N3O3/c1-20(2,3)18(27)25-11-9-24(10-12-25)14-17(26)23(4)13-15-5-7-16(8-6-15)28-19(21)22/h5-8,19H,9-14H2,1-4H3. The van der Waals surface area contributed by atoms with E-state index in [-0.39, 0.29) is 17.6 Å². The molecule has 6 nitrogen and oxygen atoms in total. The van der Waals surface area contributed by atoms with Crippen LogP contribution in [0.1, 0.15) is 26.3 Å². The maximum atomic E-state index is 12.5. The molecule has 0 saturated carbocycles. The van der Waals surface area contributed by atoms with E-state index < -0.39 is 12.0 Å². The molecule has 0 atom stereocenters. The molecule has 0 spiro atoms. The molecule has 1 aliphatic rings. The molecule has 156 valence electrons. The van der Waals surface area contributed by atoms with Gasteiger partial charge < -0.3 is 14.5 Å². The number of rotatable bonds is 6. The summed E-state index contributed by atoms with van der Waals surface area (Å²) in [5.41, 5.74) is 0.437. The fourth-order valence-electron chi connectivity index (χ4n) is 3.03. The number of alkyl halides is 2. The van der Waals surface area contributed by atoms with Crippen LogP contribution in [-0.2, 0) is 16.1 Å². The smallest absolute Gasteiger partial charge is 0.387 e. The van der Waals surface area contributed by atoms with Gasteiger partial charge in [-0.15, -0.1) is 0 Å². The van der Waals surface area contributed by atoms with Crippen LogP contribution in [0.2, 0.25) is 0 Å². The third-order valence-electron chi connectivity index (χ3n) is 4.65. The molecule has 2 amide bonds. The van der Waals surface area contributed by atoms with E-state index in [2.05, 4.69) is 4.74 Å². The van der Waals surface area contributed by atoms with E-state index in [0.29, 0.717) is 39.3 Å². The number of halogens is 2.